The highest BCUT2D eigenvalue weighted by molar-refractivity contribution is 5.94. The second-order valence-corrected chi connectivity index (χ2v) is 2.58. The van der Waals surface area contributed by atoms with Crippen LogP contribution in [0.15, 0.2) is 12.4 Å². The predicted molar refractivity (Wildman–Crippen MR) is 47.4 cm³/mol. The first-order valence-corrected chi connectivity index (χ1v) is 3.45. The van der Waals surface area contributed by atoms with E-state index in [1.54, 1.807) is 4.90 Å². The van der Waals surface area contributed by atoms with Crippen LogP contribution >= 0.6 is 0 Å². The minimum absolute atomic E-state index is 0.0136. The second-order valence-electron chi connectivity index (χ2n) is 2.58. The summed E-state index contributed by atoms with van der Waals surface area (Å²) < 4.78 is 0. The third-order valence-corrected chi connectivity index (χ3v) is 1.35. The van der Waals surface area contributed by atoms with Gasteiger partial charge in [-0.3, -0.25) is 5.41 Å². The smallest absolute Gasteiger partial charge is 0.224 e. The van der Waals surface area contributed by atoms with Crippen molar-refractivity contribution in [3.8, 4) is 0 Å². The quantitative estimate of drug-likeness (QED) is 0.471. The Morgan fingerprint density at radius 2 is 1.92 bits per heavy atom. The topological polar surface area (TPSA) is 78.9 Å². The molecule has 0 unspecified atom stereocenters. The van der Waals surface area contributed by atoms with Gasteiger partial charge in [-0.05, 0) is 0 Å². The van der Waals surface area contributed by atoms with E-state index >= 15 is 0 Å². The molecule has 1 aromatic rings. The monoisotopic (exact) mass is 165 g/mol. The molecule has 0 bridgehead atoms. The number of nitrogens with zero attached hydrogens (tertiary/aromatic N) is 3. The van der Waals surface area contributed by atoms with Crippen LogP contribution in [0.5, 0.6) is 0 Å². The lowest BCUT2D eigenvalue weighted by Crippen LogP contribution is -2.15. The zero-order chi connectivity index (χ0) is 9.14. The summed E-state index contributed by atoms with van der Waals surface area (Å²) in [4.78, 5) is 9.77. The number of anilines is 1. The zero-order valence-corrected chi connectivity index (χ0v) is 7.07. The number of hydrogen-bond donors (Lipinski definition) is 2. The molecule has 0 aliphatic carbocycles. The van der Waals surface area contributed by atoms with Crippen LogP contribution < -0.4 is 10.6 Å². The predicted octanol–water partition coefficient (Wildman–Crippen LogP) is -0.173. The zero-order valence-electron chi connectivity index (χ0n) is 7.07. The molecule has 1 rings (SSSR count). The van der Waals surface area contributed by atoms with Crippen molar-refractivity contribution in [3.05, 3.63) is 18.0 Å². The summed E-state index contributed by atoms with van der Waals surface area (Å²) in [6, 6.07) is 0. The minimum atomic E-state index is -0.0136. The molecule has 0 atom stereocenters. The molecule has 0 spiro atoms. The Kier molecular flexibility index (Phi) is 2.23. The molecule has 1 heterocycles. The Hall–Kier alpha value is -1.65. The summed E-state index contributed by atoms with van der Waals surface area (Å²) in [7, 11) is 3.70. The van der Waals surface area contributed by atoms with Crippen LogP contribution in [0, 0.1) is 5.41 Å². The maximum Gasteiger partial charge on any atom is 0.224 e. The molecule has 0 aliphatic heterocycles. The Morgan fingerprint density at radius 1 is 1.42 bits per heavy atom. The van der Waals surface area contributed by atoms with E-state index in [1.165, 1.54) is 12.4 Å². The summed E-state index contributed by atoms with van der Waals surface area (Å²) in [6.07, 6.45) is 3.06. The average Bonchev–Trinajstić information content (AvgIpc) is 2.04. The fourth-order valence-corrected chi connectivity index (χ4v) is 0.691. The van der Waals surface area contributed by atoms with Gasteiger partial charge in [-0.1, -0.05) is 0 Å². The van der Waals surface area contributed by atoms with Gasteiger partial charge < -0.3 is 10.6 Å². The Labute approximate surface area is 70.8 Å². The van der Waals surface area contributed by atoms with Crippen LogP contribution in [-0.4, -0.2) is 29.9 Å². The van der Waals surface area contributed by atoms with Crippen molar-refractivity contribution < 1.29 is 0 Å². The highest BCUT2D eigenvalue weighted by atomic mass is 15.2. The van der Waals surface area contributed by atoms with Gasteiger partial charge in [0, 0.05) is 26.5 Å². The van der Waals surface area contributed by atoms with Crippen LogP contribution in [-0.2, 0) is 0 Å². The lowest BCUT2D eigenvalue weighted by atomic mass is 10.3. The third-order valence-electron chi connectivity index (χ3n) is 1.35. The van der Waals surface area contributed by atoms with E-state index in [0.29, 0.717) is 11.5 Å². The van der Waals surface area contributed by atoms with E-state index in [2.05, 4.69) is 9.97 Å². The highest BCUT2D eigenvalue weighted by Crippen LogP contribution is 2.01. The summed E-state index contributed by atoms with van der Waals surface area (Å²) >= 11 is 0. The van der Waals surface area contributed by atoms with Gasteiger partial charge in [-0.25, -0.2) is 9.97 Å². The van der Waals surface area contributed by atoms with Gasteiger partial charge in [0.2, 0.25) is 5.95 Å². The van der Waals surface area contributed by atoms with Gasteiger partial charge >= 0.3 is 0 Å². The van der Waals surface area contributed by atoms with E-state index in [-0.39, 0.29) is 5.84 Å². The second kappa shape index (κ2) is 3.17. The molecule has 0 aromatic carbocycles. The summed E-state index contributed by atoms with van der Waals surface area (Å²) in [5.74, 6) is 0.598. The van der Waals surface area contributed by atoms with Crippen molar-refractivity contribution in [1.82, 2.24) is 9.97 Å². The van der Waals surface area contributed by atoms with Gasteiger partial charge in [0.05, 0.1) is 5.56 Å². The molecular weight excluding hydrogens is 154 g/mol. The van der Waals surface area contributed by atoms with E-state index in [9.17, 15) is 0 Å². The molecule has 0 saturated carbocycles. The van der Waals surface area contributed by atoms with Gasteiger partial charge in [-0.15, -0.1) is 0 Å². The number of nitrogens with one attached hydrogen (secondary N) is 1. The van der Waals surface area contributed by atoms with Gasteiger partial charge in [0.25, 0.3) is 0 Å². The van der Waals surface area contributed by atoms with Crippen LogP contribution in [0.25, 0.3) is 0 Å². The standard InChI is InChI=1S/C7H11N5/c1-12(2)7-10-3-5(4-11-7)6(8)9/h3-4H,1-2H3,(H3,8,9). The maximum absolute atomic E-state index is 7.10. The number of nitrogen functional groups attached to an aromatic ring is 1. The molecule has 3 N–H and O–H groups in total. The lowest BCUT2D eigenvalue weighted by molar-refractivity contribution is 0.995. The number of rotatable bonds is 2. The van der Waals surface area contributed by atoms with Crippen LogP contribution in [0.3, 0.4) is 0 Å². The Bertz CT molecular complexity index is 276. The Morgan fingerprint density at radius 3 is 2.25 bits per heavy atom. The molecule has 0 saturated heterocycles. The number of amidine groups is 1. The van der Waals surface area contributed by atoms with Crippen molar-refractivity contribution in [1.29, 1.82) is 5.41 Å². The van der Waals surface area contributed by atoms with Gasteiger partial charge in [-0.2, -0.15) is 0 Å². The highest BCUT2D eigenvalue weighted by Gasteiger charge is 2.00. The average molecular weight is 165 g/mol. The van der Waals surface area contributed by atoms with Crippen LogP contribution in [0.4, 0.5) is 5.95 Å². The first-order valence-electron chi connectivity index (χ1n) is 3.45. The summed E-state index contributed by atoms with van der Waals surface area (Å²) in [6.45, 7) is 0. The number of hydrogen-bond acceptors (Lipinski definition) is 4. The maximum atomic E-state index is 7.10. The van der Waals surface area contributed by atoms with Gasteiger partial charge in [0.1, 0.15) is 5.84 Å². The van der Waals surface area contributed by atoms with E-state index in [1.807, 2.05) is 14.1 Å². The van der Waals surface area contributed by atoms with Crippen molar-refractivity contribution >= 4 is 11.8 Å². The van der Waals surface area contributed by atoms with Crippen molar-refractivity contribution in [2.24, 2.45) is 5.73 Å². The first kappa shape index (κ1) is 8.45. The molecule has 0 aliphatic rings. The third kappa shape index (κ3) is 1.69. The van der Waals surface area contributed by atoms with E-state index < -0.39 is 0 Å². The molecule has 5 heteroatoms. The van der Waals surface area contributed by atoms with E-state index in [0.717, 1.165) is 0 Å². The van der Waals surface area contributed by atoms with Crippen molar-refractivity contribution in [2.45, 2.75) is 0 Å². The number of nitrogens with two attached hydrogens (primary N) is 1. The normalized spacial score (nSPS) is 9.50. The fourth-order valence-electron chi connectivity index (χ4n) is 0.691. The molecule has 0 fully saturated rings. The lowest BCUT2D eigenvalue weighted by Gasteiger charge is -2.08. The minimum Gasteiger partial charge on any atom is -0.384 e. The molecule has 1 aromatic heterocycles. The fraction of sp³-hybridized carbons (Fsp3) is 0.286. The van der Waals surface area contributed by atoms with Crippen molar-refractivity contribution in [2.75, 3.05) is 19.0 Å². The largest absolute Gasteiger partial charge is 0.384 e. The molecule has 0 radical (unpaired) electrons. The van der Waals surface area contributed by atoms with Crippen LogP contribution in [0.2, 0.25) is 0 Å². The first-order chi connectivity index (χ1) is 5.61. The summed E-state index contributed by atoms with van der Waals surface area (Å²) in [5.41, 5.74) is 5.77. The SMILES string of the molecule is CN(C)c1ncc(C(=N)N)cn1. The molecule has 5 nitrogen and oxygen atoms in total. The number of aromatic nitrogens is 2. The molecular formula is C7H11N5. The molecule has 64 valence electrons. The molecule has 12 heavy (non-hydrogen) atoms. The van der Waals surface area contributed by atoms with Crippen LogP contribution in [0.1, 0.15) is 5.56 Å². The summed E-state index contributed by atoms with van der Waals surface area (Å²) in [5, 5.41) is 7.10. The Balaban J connectivity index is 2.93. The van der Waals surface area contributed by atoms with E-state index in [4.69, 9.17) is 11.1 Å². The van der Waals surface area contributed by atoms with Gasteiger partial charge in [0.15, 0.2) is 0 Å². The molecule has 0 amide bonds. The van der Waals surface area contributed by atoms with Crippen molar-refractivity contribution in [3.63, 3.8) is 0 Å².